The third-order valence-electron chi connectivity index (χ3n) is 1.63. The van der Waals surface area contributed by atoms with Crippen LogP contribution in [0.25, 0.3) is 0 Å². The van der Waals surface area contributed by atoms with Gasteiger partial charge >= 0.3 is 5.97 Å². The lowest BCUT2D eigenvalue weighted by atomic mass is 10.2. The summed E-state index contributed by atoms with van der Waals surface area (Å²) in [6, 6.07) is 0. The molecule has 0 aliphatic rings. The molecule has 0 bridgehead atoms. The molecule has 0 spiro atoms. The lowest BCUT2D eigenvalue weighted by Gasteiger charge is -2.29. The predicted molar refractivity (Wildman–Crippen MR) is 56.1 cm³/mol. The molecule has 0 atom stereocenters. The van der Waals surface area contributed by atoms with Crippen LogP contribution in [0.1, 0.15) is 26.2 Å². The van der Waals surface area contributed by atoms with E-state index < -0.39 is 5.97 Å². The van der Waals surface area contributed by atoms with E-state index in [2.05, 4.69) is 26.7 Å². The molecule has 0 N–H and O–H groups in total. The first kappa shape index (κ1) is 12.6. The van der Waals surface area contributed by atoms with Gasteiger partial charge in [-0.15, -0.1) is 0 Å². The van der Waals surface area contributed by atoms with E-state index in [1.807, 2.05) is 0 Å². The third-order valence-corrected chi connectivity index (χ3v) is 1.63. The van der Waals surface area contributed by atoms with Crippen LogP contribution in [0, 0.1) is 0 Å². The molecule has 0 saturated carbocycles. The molecule has 0 radical (unpaired) electrons. The van der Waals surface area contributed by atoms with Crippen LogP contribution in [0.3, 0.4) is 0 Å². The van der Waals surface area contributed by atoms with E-state index in [0.717, 1.165) is 12.8 Å². The van der Waals surface area contributed by atoms with Crippen molar-refractivity contribution in [2.45, 2.75) is 32.2 Å². The smallest absolute Gasteiger partial charge is 0.415 e. The quantitative estimate of drug-likeness (QED) is 0.420. The fourth-order valence-corrected chi connectivity index (χ4v) is 1.03. The van der Waals surface area contributed by atoms with Crippen molar-refractivity contribution in [1.82, 2.24) is 0 Å². The molecule has 0 rings (SSSR count). The SMILES string of the molecule is C=COC(CCCC)(OC=C)OC=C. The van der Waals surface area contributed by atoms with Crippen molar-refractivity contribution in [2.75, 3.05) is 0 Å². The summed E-state index contributed by atoms with van der Waals surface area (Å²) >= 11 is 0. The average Bonchev–Trinajstić information content (AvgIpc) is 2.16. The molecule has 0 aromatic heterocycles. The lowest BCUT2D eigenvalue weighted by Crippen LogP contribution is -2.34. The van der Waals surface area contributed by atoms with E-state index in [1.165, 1.54) is 18.8 Å². The fourth-order valence-electron chi connectivity index (χ4n) is 1.03. The molecule has 80 valence electrons. The Hall–Kier alpha value is -1.38. The summed E-state index contributed by atoms with van der Waals surface area (Å²) in [7, 11) is 0. The average molecular weight is 198 g/mol. The zero-order valence-corrected chi connectivity index (χ0v) is 8.70. The van der Waals surface area contributed by atoms with E-state index in [-0.39, 0.29) is 0 Å². The Balaban J connectivity index is 4.43. The van der Waals surface area contributed by atoms with Crippen LogP contribution in [0.2, 0.25) is 0 Å². The second kappa shape index (κ2) is 7.06. The van der Waals surface area contributed by atoms with Gasteiger partial charge in [0.15, 0.2) is 0 Å². The lowest BCUT2D eigenvalue weighted by molar-refractivity contribution is -0.320. The van der Waals surface area contributed by atoms with Crippen LogP contribution >= 0.6 is 0 Å². The Morgan fingerprint density at radius 1 is 1.00 bits per heavy atom. The summed E-state index contributed by atoms with van der Waals surface area (Å²) in [6.07, 6.45) is 6.36. The minimum absolute atomic E-state index is 0.591. The third kappa shape index (κ3) is 4.03. The maximum absolute atomic E-state index is 5.19. The Bertz CT molecular complexity index is 160. The Morgan fingerprint density at radius 3 is 1.71 bits per heavy atom. The van der Waals surface area contributed by atoms with E-state index >= 15 is 0 Å². The molecular weight excluding hydrogens is 180 g/mol. The van der Waals surface area contributed by atoms with Gasteiger partial charge in [0.25, 0.3) is 0 Å². The molecule has 0 saturated heterocycles. The summed E-state index contributed by atoms with van der Waals surface area (Å²) in [6.45, 7) is 12.5. The van der Waals surface area contributed by atoms with Crippen molar-refractivity contribution in [3.05, 3.63) is 38.5 Å². The number of hydrogen-bond donors (Lipinski definition) is 0. The summed E-state index contributed by atoms with van der Waals surface area (Å²) in [5.41, 5.74) is 0. The number of hydrogen-bond acceptors (Lipinski definition) is 3. The molecular formula is C11H18O3. The molecule has 3 heteroatoms. The predicted octanol–water partition coefficient (Wildman–Crippen LogP) is 3.31. The van der Waals surface area contributed by atoms with Crippen molar-refractivity contribution >= 4 is 0 Å². The second-order valence-corrected chi connectivity index (χ2v) is 2.64. The standard InChI is InChI=1S/C11H18O3/c1-5-9-10-11(12-6-2,13-7-3)14-8-4/h6-8H,2-5,9-10H2,1H3. The van der Waals surface area contributed by atoms with Crippen LogP contribution in [0.15, 0.2) is 38.5 Å². The largest absolute Gasteiger partial charge is 0.429 e. The zero-order chi connectivity index (χ0) is 10.9. The van der Waals surface area contributed by atoms with Gasteiger partial charge in [-0.05, 0) is 6.42 Å². The first-order chi connectivity index (χ1) is 6.74. The van der Waals surface area contributed by atoms with Crippen LogP contribution in [0.5, 0.6) is 0 Å². The molecule has 0 amide bonds. The molecule has 0 aliphatic carbocycles. The van der Waals surface area contributed by atoms with Gasteiger partial charge < -0.3 is 14.2 Å². The van der Waals surface area contributed by atoms with Gasteiger partial charge in [0, 0.05) is 0 Å². The van der Waals surface area contributed by atoms with Gasteiger partial charge in [-0.2, -0.15) is 0 Å². The number of rotatable bonds is 9. The highest BCUT2D eigenvalue weighted by molar-refractivity contribution is 4.70. The minimum atomic E-state index is -1.15. The minimum Gasteiger partial charge on any atom is -0.429 e. The van der Waals surface area contributed by atoms with Gasteiger partial charge in [-0.1, -0.05) is 33.1 Å². The first-order valence-electron chi connectivity index (χ1n) is 4.60. The molecule has 0 aromatic rings. The number of ether oxygens (including phenoxy) is 3. The van der Waals surface area contributed by atoms with Gasteiger partial charge in [-0.3, -0.25) is 0 Å². The van der Waals surface area contributed by atoms with Gasteiger partial charge in [0.2, 0.25) is 0 Å². The molecule has 0 heterocycles. The topological polar surface area (TPSA) is 27.7 Å². The van der Waals surface area contributed by atoms with Crippen LogP contribution in [-0.2, 0) is 14.2 Å². The Kier molecular flexibility index (Phi) is 6.37. The maximum atomic E-state index is 5.19. The summed E-state index contributed by atoms with van der Waals surface area (Å²) in [4.78, 5) is 0. The fraction of sp³-hybridized carbons (Fsp3) is 0.455. The van der Waals surface area contributed by atoms with E-state index in [9.17, 15) is 0 Å². The molecule has 0 aliphatic heterocycles. The normalized spacial score (nSPS) is 10.1. The highest BCUT2D eigenvalue weighted by Crippen LogP contribution is 2.23. The van der Waals surface area contributed by atoms with Gasteiger partial charge in [0.1, 0.15) is 0 Å². The second-order valence-electron chi connectivity index (χ2n) is 2.64. The maximum Gasteiger partial charge on any atom is 0.415 e. The Morgan fingerprint density at radius 2 is 1.43 bits per heavy atom. The zero-order valence-electron chi connectivity index (χ0n) is 8.70. The van der Waals surface area contributed by atoms with Crippen LogP contribution in [0.4, 0.5) is 0 Å². The van der Waals surface area contributed by atoms with Gasteiger partial charge in [0.05, 0.1) is 25.2 Å². The van der Waals surface area contributed by atoms with Crippen molar-refractivity contribution in [3.63, 3.8) is 0 Å². The number of unbranched alkanes of at least 4 members (excludes halogenated alkanes) is 1. The monoisotopic (exact) mass is 198 g/mol. The van der Waals surface area contributed by atoms with E-state index in [1.54, 1.807) is 0 Å². The molecule has 0 aromatic carbocycles. The van der Waals surface area contributed by atoms with E-state index in [0.29, 0.717) is 6.42 Å². The van der Waals surface area contributed by atoms with Crippen LogP contribution < -0.4 is 0 Å². The molecule has 3 nitrogen and oxygen atoms in total. The van der Waals surface area contributed by atoms with Crippen molar-refractivity contribution in [1.29, 1.82) is 0 Å². The highest BCUT2D eigenvalue weighted by atomic mass is 16.9. The van der Waals surface area contributed by atoms with E-state index in [4.69, 9.17) is 14.2 Å². The molecule has 0 fully saturated rings. The highest BCUT2D eigenvalue weighted by Gasteiger charge is 2.33. The van der Waals surface area contributed by atoms with Gasteiger partial charge in [-0.25, -0.2) is 0 Å². The summed E-state index contributed by atoms with van der Waals surface area (Å²) < 4.78 is 15.6. The molecule has 14 heavy (non-hydrogen) atoms. The Labute approximate surface area is 85.7 Å². The first-order valence-corrected chi connectivity index (χ1v) is 4.60. The summed E-state index contributed by atoms with van der Waals surface area (Å²) in [5, 5.41) is 0. The van der Waals surface area contributed by atoms with Crippen LogP contribution in [-0.4, -0.2) is 5.97 Å². The summed E-state index contributed by atoms with van der Waals surface area (Å²) in [5.74, 6) is -1.15. The van der Waals surface area contributed by atoms with Crippen molar-refractivity contribution in [3.8, 4) is 0 Å². The van der Waals surface area contributed by atoms with Crippen molar-refractivity contribution < 1.29 is 14.2 Å². The molecule has 0 unspecified atom stereocenters. The van der Waals surface area contributed by atoms with Crippen molar-refractivity contribution in [2.24, 2.45) is 0 Å².